The molecule has 0 radical (unpaired) electrons. The second-order valence-corrected chi connectivity index (χ2v) is 8.49. The first-order valence-corrected chi connectivity index (χ1v) is 10.2. The van der Waals surface area contributed by atoms with Crippen LogP contribution in [0.3, 0.4) is 0 Å². The monoisotopic (exact) mass is 515 g/mol. The molecule has 0 aromatic heterocycles. The summed E-state index contributed by atoms with van der Waals surface area (Å²) in [5.41, 5.74) is 1.26. The highest BCUT2D eigenvalue weighted by atomic mass is 127. The maximum absolute atomic E-state index is 13.8. The number of methoxy groups -OCH3 is 1. The number of halogens is 2. The number of benzene rings is 2. The van der Waals surface area contributed by atoms with Crippen molar-refractivity contribution in [1.29, 1.82) is 0 Å². The Morgan fingerprint density at radius 2 is 2.07 bits per heavy atom. The summed E-state index contributed by atoms with van der Waals surface area (Å²) < 4.78 is 26.4. The van der Waals surface area contributed by atoms with Gasteiger partial charge in [0, 0.05) is 12.6 Å². The van der Waals surface area contributed by atoms with E-state index in [9.17, 15) is 9.18 Å². The van der Waals surface area contributed by atoms with Gasteiger partial charge in [0.15, 0.2) is 11.5 Å². The predicted octanol–water partition coefficient (Wildman–Crippen LogP) is 4.85. The molecule has 0 unspecified atom stereocenters. The second kappa shape index (κ2) is 8.57. The Bertz CT molecular complexity index is 949. The standard InChI is InChI=1S/C19H15FINO3S2/c1-22-18(23)16(27-19(22)26)9-11-7-14(21)17(15(8-11)24-2)25-10-12-5-3-4-6-13(12)20/h3-9H,10H2,1-2H3/b16-9+. The van der Waals surface area contributed by atoms with Gasteiger partial charge in [0.25, 0.3) is 5.91 Å². The SMILES string of the molecule is COc1cc(/C=C2/SC(=S)N(C)C2=O)cc(I)c1OCc1ccccc1F. The van der Waals surface area contributed by atoms with E-state index >= 15 is 0 Å². The lowest BCUT2D eigenvalue weighted by molar-refractivity contribution is -0.121. The molecule has 2 aromatic rings. The summed E-state index contributed by atoms with van der Waals surface area (Å²) in [5.74, 6) is 0.599. The molecule has 0 N–H and O–H groups in total. The molecule has 0 aliphatic carbocycles. The Labute approximate surface area is 179 Å². The van der Waals surface area contributed by atoms with E-state index < -0.39 is 0 Å². The van der Waals surface area contributed by atoms with Gasteiger partial charge in [0.05, 0.1) is 15.6 Å². The summed E-state index contributed by atoms with van der Waals surface area (Å²) in [6.45, 7) is 0.0902. The minimum atomic E-state index is -0.315. The summed E-state index contributed by atoms with van der Waals surface area (Å²) in [6.07, 6.45) is 1.77. The number of ether oxygens (including phenoxy) is 2. The molecule has 1 amide bonds. The molecule has 8 heteroatoms. The summed E-state index contributed by atoms with van der Waals surface area (Å²) in [7, 11) is 3.19. The van der Waals surface area contributed by atoms with Crippen molar-refractivity contribution in [2.24, 2.45) is 0 Å². The largest absolute Gasteiger partial charge is 0.493 e. The van der Waals surface area contributed by atoms with Crippen LogP contribution in [-0.2, 0) is 11.4 Å². The Morgan fingerprint density at radius 3 is 2.70 bits per heavy atom. The highest BCUT2D eigenvalue weighted by Crippen LogP contribution is 2.37. The molecule has 2 aromatic carbocycles. The number of carbonyl (C=O) groups excluding carboxylic acids is 1. The van der Waals surface area contributed by atoms with Crippen molar-refractivity contribution < 1.29 is 18.7 Å². The van der Waals surface area contributed by atoms with E-state index in [1.807, 2.05) is 6.07 Å². The van der Waals surface area contributed by atoms with Gasteiger partial charge < -0.3 is 9.47 Å². The van der Waals surface area contributed by atoms with Crippen LogP contribution in [0.25, 0.3) is 6.08 Å². The maximum atomic E-state index is 13.8. The summed E-state index contributed by atoms with van der Waals surface area (Å²) in [5, 5.41) is 0. The molecule has 27 heavy (non-hydrogen) atoms. The number of likely N-dealkylation sites (N-methyl/N-ethyl adjacent to an activating group) is 1. The lowest BCUT2D eigenvalue weighted by Crippen LogP contribution is -2.22. The van der Waals surface area contributed by atoms with Gasteiger partial charge in [-0.3, -0.25) is 9.69 Å². The van der Waals surface area contributed by atoms with Crippen LogP contribution in [0.15, 0.2) is 41.3 Å². The Kier molecular flexibility index (Phi) is 6.38. The van der Waals surface area contributed by atoms with E-state index in [4.69, 9.17) is 21.7 Å². The number of amides is 1. The molecule has 140 valence electrons. The third-order valence-corrected chi connectivity index (χ3v) is 6.15. The van der Waals surface area contributed by atoms with E-state index in [2.05, 4.69) is 22.6 Å². The molecule has 0 atom stereocenters. The second-order valence-electron chi connectivity index (χ2n) is 5.65. The molecular weight excluding hydrogens is 500 g/mol. The van der Waals surface area contributed by atoms with Gasteiger partial charge in [-0.2, -0.15) is 0 Å². The number of nitrogens with zero attached hydrogens (tertiary/aromatic N) is 1. The zero-order valence-electron chi connectivity index (χ0n) is 14.5. The number of hydrogen-bond donors (Lipinski definition) is 0. The van der Waals surface area contributed by atoms with Crippen LogP contribution in [0.1, 0.15) is 11.1 Å². The maximum Gasteiger partial charge on any atom is 0.265 e. The van der Waals surface area contributed by atoms with Gasteiger partial charge in [-0.25, -0.2) is 4.39 Å². The molecule has 1 saturated heterocycles. The van der Waals surface area contributed by atoms with E-state index in [1.165, 1.54) is 29.8 Å². The number of rotatable bonds is 5. The summed E-state index contributed by atoms with van der Waals surface area (Å²) in [4.78, 5) is 14.2. The van der Waals surface area contributed by atoms with E-state index in [0.717, 1.165) is 9.13 Å². The zero-order valence-corrected chi connectivity index (χ0v) is 18.3. The van der Waals surface area contributed by atoms with Crippen molar-refractivity contribution in [2.75, 3.05) is 14.2 Å². The first kappa shape index (κ1) is 20.1. The third kappa shape index (κ3) is 4.44. The fourth-order valence-corrected chi connectivity index (χ4v) is 4.39. The highest BCUT2D eigenvalue weighted by Gasteiger charge is 2.28. The van der Waals surface area contributed by atoms with Crippen LogP contribution < -0.4 is 9.47 Å². The van der Waals surface area contributed by atoms with Gasteiger partial charge in [0.2, 0.25) is 0 Å². The Morgan fingerprint density at radius 1 is 1.33 bits per heavy atom. The molecule has 3 rings (SSSR count). The van der Waals surface area contributed by atoms with Crippen LogP contribution in [0.2, 0.25) is 0 Å². The molecular formula is C19H15FINO3S2. The van der Waals surface area contributed by atoms with Crippen LogP contribution in [0.5, 0.6) is 11.5 Å². The average molecular weight is 515 g/mol. The van der Waals surface area contributed by atoms with Gasteiger partial charge >= 0.3 is 0 Å². The van der Waals surface area contributed by atoms with Crippen molar-refractivity contribution in [1.82, 2.24) is 4.90 Å². The normalized spacial score (nSPS) is 15.6. The van der Waals surface area contributed by atoms with Crippen molar-refractivity contribution >= 4 is 62.9 Å². The number of thioether (sulfide) groups is 1. The number of thiocarbonyl (C=S) groups is 1. The highest BCUT2D eigenvalue weighted by molar-refractivity contribution is 14.1. The lowest BCUT2D eigenvalue weighted by Gasteiger charge is -2.14. The average Bonchev–Trinajstić information content (AvgIpc) is 2.88. The molecule has 0 saturated carbocycles. The van der Waals surface area contributed by atoms with Crippen molar-refractivity contribution in [3.63, 3.8) is 0 Å². The first-order valence-electron chi connectivity index (χ1n) is 7.86. The van der Waals surface area contributed by atoms with Crippen molar-refractivity contribution in [3.8, 4) is 11.5 Å². The predicted molar refractivity (Wildman–Crippen MR) is 117 cm³/mol. The van der Waals surface area contributed by atoms with Crippen LogP contribution >= 0.6 is 46.6 Å². The van der Waals surface area contributed by atoms with Gasteiger partial charge in [-0.15, -0.1) is 0 Å². The Hall–Kier alpha value is -1.65. The molecule has 0 spiro atoms. The fraction of sp³-hybridized carbons (Fsp3) is 0.158. The number of carbonyl (C=O) groups is 1. The first-order chi connectivity index (χ1) is 12.9. The third-order valence-electron chi connectivity index (χ3n) is 3.87. The van der Waals surface area contributed by atoms with Gasteiger partial charge in [-0.05, 0) is 52.4 Å². The summed E-state index contributed by atoms with van der Waals surface area (Å²) in [6, 6.07) is 10.1. The quantitative estimate of drug-likeness (QED) is 0.324. The number of hydrogen-bond acceptors (Lipinski definition) is 5. The van der Waals surface area contributed by atoms with Crippen molar-refractivity contribution in [2.45, 2.75) is 6.61 Å². The van der Waals surface area contributed by atoms with Crippen molar-refractivity contribution in [3.05, 3.63) is 61.8 Å². The smallest absolute Gasteiger partial charge is 0.265 e. The fourth-order valence-electron chi connectivity index (χ4n) is 2.43. The van der Waals surface area contributed by atoms with Gasteiger partial charge in [0.1, 0.15) is 16.7 Å². The molecule has 1 aliphatic heterocycles. The Balaban J connectivity index is 1.87. The molecule has 1 fully saturated rings. The van der Waals surface area contributed by atoms with E-state index in [0.29, 0.717) is 26.3 Å². The lowest BCUT2D eigenvalue weighted by atomic mass is 10.1. The van der Waals surface area contributed by atoms with E-state index in [1.54, 1.807) is 37.4 Å². The molecule has 1 aliphatic rings. The topological polar surface area (TPSA) is 38.8 Å². The van der Waals surface area contributed by atoms with Gasteiger partial charge in [-0.1, -0.05) is 42.2 Å². The molecule has 1 heterocycles. The summed E-state index contributed by atoms with van der Waals surface area (Å²) >= 11 is 8.54. The molecule has 4 nitrogen and oxygen atoms in total. The minimum absolute atomic E-state index is 0.0902. The minimum Gasteiger partial charge on any atom is -0.493 e. The van der Waals surface area contributed by atoms with E-state index in [-0.39, 0.29) is 18.3 Å². The zero-order chi connectivity index (χ0) is 19.6. The van der Waals surface area contributed by atoms with Crippen LogP contribution in [-0.4, -0.2) is 29.3 Å². The van der Waals surface area contributed by atoms with Crippen LogP contribution in [0.4, 0.5) is 4.39 Å². The van der Waals surface area contributed by atoms with Crippen LogP contribution in [0, 0.1) is 9.39 Å². The molecule has 0 bridgehead atoms.